The van der Waals surface area contributed by atoms with Crippen LogP contribution in [0.2, 0.25) is 0 Å². The van der Waals surface area contributed by atoms with Crippen molar-refractivity contribution in [3.05, 3.63) is 64.7 Å². The minimum absolute atomic E-state index is 0.577. The topological polar surface area (TPSA) is 29.3 Å². The zero-order valence-electron chi connectivity index (χ0n) is 12.0. The highest BCUT2D eigenvalue weighted by Gasteiger charge is 2.06. The van der Waals surface area contributed by atoms with Crippen molar-refractivity contribution >= 4 is 5.69 Å². The number of benzene rings is 2. The number of rotatable bonds is 4. The maximum absolute atomic E-state index is 5.80. The smallest absolute Gasteiger partial charge is 0.0426 e. The molecule has 2 nitrogen and oxygen atoms in total. The molecule has 19 heavy (non-hydrogen) atoms. The number of hydrogen-bond acceptors (Lipinski definition) is 2. The Morgan fingerprint density at radius 3 is 2.42 bits per heavy atom. The molecule has 0 unspecified atom stereocenters. The molecular formula is C17H22N2. The van der Waals surface area contributed by atoms with Gasteiger partial charge in [0.2, 0.25) is 0 Å². The summed E-state index contributed by atoms with van der Waals surface area (Å²) in [6.45, 7) is 5.78. The summed E-state index contributed by atoms with van der Waals surface area (Å²) in [5.41, 5.74) is 12.2. The van der Waals surface area contributed by atoms with E-state index in [0.717, 1.165) is 6.54 Å². The van der Waals surface area contributed by atoms with Gasteiger partial charge in [-0.2, -0.15) is 0 Å². The first kappa shape index (κ1) is 13.6. The third kappa shape index (κ3) is 3.15. The predicted molar refractivity (Wildman–Crippen MR) is 82.4 cm³/mol. The van der Waals surface area contributed by atoms with Crippen LogP contribution in [0.1, 0.15) is 22.3 Å². The van der Waals surface area contributed by atoms with Crippen molar-refractivity contribution in [3.8, 4) is 0 Å². The lowest BCUT2D eigenvalue weighted by atomic mass is 10.1. The van der Waals surface area contributed by atoms with Crippen molar-refractivity contribution in [1.29, 1.82) is 0 Å². The number of aryl methyl sites for hydroxylation is 2. The lowest BCUT2D eigenvalue weighted by Gasteiger charge is -2.22. The van der Waals surface area contributed by atoms with E-state index >= 15 is 0 Å². The molecule has 2 aromatic rings. The van der Waals surface area contributed by atoms with E-state index in [-0.39, 0.29) is 0 Å². The molecule has 2 aromatic carbocycles. The fourth-order valence-electron chi connectivity index (χ4n) is 2.32. The summed E-state index contributed by atoms with van der Waals surface area (Å²) in [5, 5.41) is 0. The first-order chi connectivity index (χ1) is 9.11. The minimum atomic E-state index is 0.577. The maximum atomic E-state index is 5.80. The van der Waals surface area contributed by atoms with Gasteiger partial charge in [-0.1, -0.05) is 36.4 Å². The van der Waals surface area contributed by atoms with E-state index in [9.17, 15) is 0 Å². The van der Waals surface area contributed by atoms with Crippen molar-refractivity contribution in [2.75, 3.05) is 11.9 Å². The first-order valence-electron chi connectivity index (χ1n) is 6.67. The number of para-hydroxylation sites is 1. The maximum Gasteiger partial charge on any atom is 0.0426 e. The average Bonchev–Trinajstić information content (AvgIpc) is 2.43. The number of anilines is 1. The van der Waals surface area contributed by atoms with Crippen molar-refractivity contribution in [2.45, 2.75) is 26.9 Å². The van der Waals surface area contributed by atoms with Crippen molar-refractivity contribution < 1.29 is 0 Å². The SMILES string of the molecule is Cc1ccc(CN(C)c2ccccc2CN)cc1C. The normalized spacial score (nSPS) is 10.5. The molecule has 2 N–H and O–H groups in total. The van der Waals surface area contributed by atoms with Gasteiger partial charge in [-0.05, 0) is 42.2 Å². The largest absolute Gasteiger partial charge is 0.370 e. The third-order valence-electron chi connectivity index (χ3n) is 3.61. The van der Waals surface area contributed by atoms with Crippen LogP contribution >= 0.6 is 0 Å². The molecular weight excluding hydrogens is 232 g/mol. The lowest BCUT2D eigenvalue weighted by Crippen LogP contribution is -2.19. The van der Waals surface area contributed by atoms with E-state index in [4.69, 9.17) is 5.73 Å². The fourth-order valence-corrected chi connectivity index (χ4v) is 2.32. The minimum Gasteiger partial charge on any atom is -0.370 e. The van der Waals surface area contributed by atoms with Gasteiger partial charge < -0.3 is 10.6 Å². The van der Waals surface area contributed by atoms with E-state index in [2.05, 4.69) is 62.2 Å². The van der Waals surface area contributed by atoms with Gasteiger partial charge in [-0.3, -0.25) is 0 Å². The van der Waals surface area contributed by atoms with Gasteiger partial charge in [-0.25, -0.2) is 0 Å². The van der Waals surface area contributed by atoms with Crippen LogP contribution in [0.25, 0.3) is 0 Å². The fraction of sp³-hybridized carbons (Fsp3) is 0.294. The standard InChI is InChI=1S/C17H22N2/c1-13-8-9-15(10-14(13)2)12-19(3)17-7-5-4-6-16(17)11-18/h4-10H,11-12,18H2,1-3H3. The Hall–Kier alpha value is -1.80. The summed E-state index contributed by atoms with van der Waals surface area (Å²) in [4.78, 5) is 2.26. The third-order valence-corrected chi connectivity index (χ3v) is 3.61. The zero-order valence-corrected chi connectivity index (χ0v) is 12.0. The molecule has 0 aliphatic heterocycles. The molecule has 0 amide bonds. The molecule has 0 atom stereocenters. The molecule has 2 rings (SSSR count). The Bertz CT molecular complexity index is 561. The highest BCUT2D eigenvalue weighted by atomic mass is 15.1. The van der Waals surface area contributed by atoms with Gasteiger partial charge in [0, 0.05) is 25.8 Å². The van der Waals surface area contributed by atoms with Crippen LogP contribution in [0.3, 0.4) is 0 Å². The number of hydrogen-bond donors (Lipinski definition) is 1. The average molecular weight is 254 g/mol. The summed E-state index contributed by atoms with van der Waals surface area (Å²) in [5.74, 6) is 0. The molecule has 0 heterocycles. The van der Waals surface area contributed by atoms with Crippen LogP contribution in [-0.2, 0) is 13.1 Å². The van der Waals surface area contributed by atoms with Crippen molar-refractivity contribution in [2.24, 2.45) is 5.73 Å². The Morgan fingerprint density at radius 1 is 1.00 bits per heavy atom. The van der Waals surface area contributed by atoms with Crippen molar-refractivity contribution in [3.63, 3.8) is 0 Å². The second-order valence-electron chi connectivity index (χ2n) is 5.11. The Labute approximate surface area is 115 Å². The van der Waals surface area contributed by atoms with Crippen molar-refractivity contribution in [1.82, 2.24) is 0 Å². The summed E-state index contributed by atoms with van der Waals surface area (Å²) >= 11 is 0. The summed E-state index contributed by atoms with van der Waals surface area (Å²) in [7, 11) is 2.11. The predicted octanol–water partition coefficient (Wildman–Crippen LogP) is 3.40. The van der Waals surface area contributed by atoms with Crippen LogP contribution in [0.15, 0.2) is 42.5 Å². The van der Waals surface area contributed by atoms with E-state index in [1.807, 2.05) is 6.07 Å². The van der Waals surface area contributed by atoms with Gasteiger partial charge in [0.1, 0.15) is 0 Å². The van der Waals surface area contributed by atoms with Crippen LogP contribution in [0.5, 0.6) is 0 Å². The van der Waals surface area contributed by atoms with E-state index in [0.29, 0.717) is 6.54 Å². The molecule has 0 bridgehead atoms. The van der Waals surface area contributed by atoms with E-state index in [1.54, 1.807) is 0 Å². The highest BCUT2D eigenvalue weighted by Crippen LogP contribution is 2.21. The summed E-state index contributed by atoms with van der Waals surface area (Å²) < 4.78 is 0. The van der Waals surface area contributed by atoms with E-state index in [1.165, 1.54) is 27.9 Å². The Kier molecular flexibility index (Phi) is 4.23. The molecule has 0 fully saturated rings. The van der Waals surface area contributed by atoms with Gasteiger partial charge >= 0.3 is 0 Å². The van der Waals surface area contributed by atoms with Gasteiger partial charge in [-0.15, -0.1) is 0 Å². The van der Waals surface area contributed by atoms with Crippen LogP contribution in [0.4, 0.5) is 5.69 Å². The molecule has 0 saturated heterocycles. The first-order valence-corrected chi connectivity index (χ1v) is 6.67. The van der Waals surface area contributed by atoms with Crippen LogP contribution in [0, 0.1) is 13.8 Å². The zero-order chi connectivity index (χ0) is 13.8. The van der Waals surface area contributed by atoms with Crippen LogP contribution in [-0.4, -0.2) is 7.05 Å². The molecule has 100 valence electrons. The molecule has 0 saturated carbocycles. The highest BCUT2D eigenvalue weighted by molar-refractivity contribution is 5.53. The van der Waals surface area contributed by atoms with Gasteiger partial charge in [0.05, 0.1) is 0 Å². The lowest BCUT2D eigenvalue weighted by molar-refractivity contribution is 0.902. The van der Waals surface area contributed by atoms with Crippen LogP contribution < -0.4 is 10.6 Å². The Morgan fingerprint density at radius 2 is 1.74 bits per heavy atom. The quantitative estimate of drug-likeness (QED) is 0.906. The monoisotopic (exact) mass is 254 g/mol. The number of nitrogens with zero attached hydrogens (tertiary/aromatic N) is 1. The molecule has 0 aliphatic carbocycles. The van der Waals surface area contributed by atoms with Gasteiger partial charge in [0.15, 0.2) is 0 Å². The number of nitrogens with two attached hydrogens (primary N) is 1. The molecule has 0 aromatic heterocycles. The second kappa shape index (κ2) is 5.89. The second-order valence-corrected chi connectivity index (χ2v) is 5.11. The van der Waals surface area contributed by atoms with E-state index < -0.39 is 0 Å². The molecule has 2 heteroatoms. The molecule has 0 radical (unpaired) electrons. The molecule has 0 spiro atoms. The summed E-state index contributed by atoms with van der Waals surface area (Å²) in [6, 6.07) is 15.0. The Balaban J connectivity index is 2.20. The van der Waals surface area contributed by atoms with Gasteiger partial charge in [0.25, 0.3) is 0 Å². The molecule has 0 aliphatic rings. The summed E-state index contributed by atoms with van der Waals surface area (Å²) in [6.07, 6.45) is 0.